The molecule has 0 saturated heterocycles. The monoisotopic (exact) mass is 480 g/mol. The van der Waals surface area contributed by atoms with Crippen LogP contribution in [0.3, 0.4) is 0 Å². The van der Waals surface area contributed by atoms with Gasteiger partial charge in [0.05, 0.1) is 0 Å². The number of carbonyl (C=O) groups excluding carboxylic acids is 2. The van der Waals surface area contributed by atoms with E-state index in [-0.39, 0.29) is 11.8 Å². The lowest BCUT2D eigenvalue weighted by Gasteiger charge is -2.11. The van der Waals surface area contributed by atoms with Gasteiger partial charge in [-0.2, -0.15) is 0 Å². The molecule has 0 saturated carbocycles. The van der Waals surface area contributed by atoms with Crippen molar-refractivity contribution in [3.8, 4) is 11.5 Å². The van der Waals surface area contributed by atoms with Gasteiger partial charge in [0.1, 0.15) is 24.7 Å². The number of amides is 2. The van der Waals surface area contributed by atoms with E-state index in [0.29, 0.717) is 48.7 Å². The number of aryl methyl sites for hydroxylation is 1. The van der Waals surface area contributed by atoms with Gasteiger partial charge in [0.15, 0.2) is 0 Å². The maximum atomic E-state index is 12.8. The number of carbonyl (C=O) groups is 2. The van der Waals surface area contributed by atoms with Crippen molar-refractivity contribution in [2.45, 2.75) is 12.8 Å². The second-order valence-corrected chi connectivity index (χ2v) is 8.11. The van der Waals surface area contributed by atoms with Crippen molar-refractivity contribution in [2.75, 3.05) is 23.8 Å². The van der Waals surface area contributed by atoms with Gasteiger partial charge in [-0.3, -0.25) is 9.59 Å². The molecule has 0 aliphatic heterocycles. The molecule has 0 aliphatic carbocycles. The highest BCUT2D eigenvalue weighted by Crippen LogP contribution is 2.19. The first-order valence-corrected chi connectivity index (χ1v) is 11.8. The molecule has 0 atom stereocenters. The Labute approximate surface area is 210 Å². The van der Waals surface area contributed by atoms with E-state index in [1.807, 2.05) is 60.7 Å². The summed E-state index contributed by atoms with van der Waals surface area (Å²) >= 11 is 0. The molecule has 0 bridgehead atoms. The molecule has 2 amide bonds. The van der Waals surface area contributed by atoms with E-state index in [9.17, 15) is 9.59 Å². The molecule has 36 heavy (non-hydrogen) atoms. The SMILES string of the molecule is O=C(CCc1ccccc1)Nc1cccc(NC(=O)c2cccc(OCCOc3ccccc3)c2)c1. The summed E-state index contributed by atoms with van der Waals surface area (Å²) < 4.78 is 11.4. The molecule has 0 unspecified atom stereocenters. The van der Waals surface area contributed by atoms with E-state index in [1.165, 1.54) is 0 Å². The molecule has 4 rings (SSSR count). The van der Waals surface area contributed by atoms with Crippen LogP contribution in [0.1, 0.15) is 22.3 Å². The molecular weight excluding hydrogens is 452 g/mol. The van der Waals surface area contributed by atoms with E-state index in [1.54, 1.807) is 48.5 Å². The lowest BCUT2D eigenvalue weighted by molar-refractivity contribution is -0.116. The van der Waals surface area contributed by atoms with E-state index >= 15 is 0 Å². The standard InChI is InChI=1S/C30H28N2O4/c33-29(18-17-23-9-3-1-4-10-23)31-25-12-8-13-26(22-25)32-30(34)24-11-7-16-28(21-24)36-20-19-35-27-14-5-2-6-15-27/h1-16,21-22H,17-20H2,(H,31,33)(H,32,34). The second-order valence-electron chi connectivity index (χ2n) is 8.11. The smallest absolute Gasteiger partial charge is 0.255 e. The molecule has 0 heterocycles. The van der Waals surface area contributed by atoms with Crippen LogP contribution in [-0.2, 0) is 11.2 Å². The van der Waals surface area contributed by atoms with Gasteiger partial charge in [0.2, 0.25) is 5.91 Å². The number of rotatable bonds is 11. The lowest BCUT2D eigenvalue weighted by atomic mass is 10.1. The fraction of sp³-hybridized carbons (Fsp3) is 0.133. The molecule has 4 aromatic rings. The lowest BCUT2D eigenvalue weighted by Crippen LogP contribution is -2.14. The van der Waals surface area contributed by atoms with Crippen LogP contribution in [0.2, 0.25) is 0 Å². The highest BCUT2D eigenvalue weighted by atomic mass is 16.5. The quantitative estimate of drug-likeness (QED) is 0.259. The van der Waals surface area contributed by atoms with Crippen molar-refractivity contribution in [1.29, 1.82) is 0 Å². The van der Waals surface area contributed by atoms with Gasteiger partial charge in [-0.1, -0.05) is 60.7 Å². The van der Waals surface area contributed by atoms with E-state index in [0.717, 1.165) is 11.3 Å². The van der Waals surface area contributed by atoms with Gasteiger partial charge in [-0.15, -0.1) is 0 Å². The van der Waals surface area contributed by atoms with Crippen molar-refractivity contribution in [1.82, 2.24) is 0 Å². The Morgan fingerprint density at radius 1 is 0.611 bits per heavy atom. The summed E-state index contributed by atoms with van der Waals surface area (Å²) in [6.07, 6.45) is 1.05. The Morgan fingerprint density at radius 3 is 1.97 bits per heavy atom. The topological polar surface area (TPSA) is 76.7 Å². The van der Waals surface area contributed by atoms with E-state index < -0.39 is 0 Å². The van der Waals surface area contributed by atoms with Crippen LogP contribution in [-0.4, -0.2) is 25.0 Å². The van der Waals surface area contributed by atoms with Gasteiger partial charge in [0, 0.05) is 23.4 Å². The highest BCUT2D eigenvalue weighted by molar-refractivity contribution is 6.05. The van der Waals surface area contributed by atoms with Crippen molar-refractivity contribution < 1.29 is 19.1 Å². The number of ether oxygens (including phenoxy) is 2. The first-order valence-electron chi connectivity index (χ1n) is 11.8. The van der Waals surface area contributed by atoms with Crippen LogP contribution in [0.25, 0.3) is 0 Å². The maximum absolute atomic E-state index is 12.8. The number of benzene rings is 4. The first-order chi connectivity index (χ1) is 17.7. The maximum Gasteiger partial charge on any atom is 0.255 e. The first kappa shape index (κ1) is 24.5. The van der Waals surface area contributed by atoms with Crippen LogP contribution in [0.15, 0.2) is 109 Å². The average Bonchev–Trinajstić information content (AvgIpc) is 2.91. The molecule has 0 fully saturated rings. The van der Waals surface area contributed by atoms with Crippen LogP contribution < -0.4 is 20.1 Å². The van der Waals surface area contributed by atoms with Gasteiger partial charge in [-0.25, -0.2) is 0 Å². The number of hydrogen-bond acceptors (Lipinski definition) is 4. The number of hydrogen-bond donors (Lipinski definition) is 2. The third-order valence-corrected chi connectivity index (χ3v) is 5.35. The van der Waals surface area contributed by atoms with Crippen molar-refractivity contribution in [3.05, 3.63) is 120 Å². The molecule has 182 valence electrons. The minimum Gasteiger partial charge on any atom is -0.490 e. The van der Waals surface area contributed by atoms with Crippen LogP contribution in [0.5, 0.6) is 11.5 Å². The average molecular weight is 481 g/mol. The van der Waals surface area contributed by atoms with Gasteiger partial charge in [-0.05, 0) is 60.5 Å². The fourth-order valence-corrected chi connectivity index (χ4v) is 3.57. The summed E-state index contributed by atoms with van der Waals surface area (Å²) in [5.41, 5.74) is 2.79. The minimum atomic E-state index is -0.270. The van der Waals surface area contributed by atoms with Gasteiger partial charge >= 0.3 is 0 Å². The zero-order chi connectivity index (χ0) is 25.0. The summed E-state index contributed by atoms with van der Waals surface area (Å²) in [6, 6.07) is 33.5. The van der Waals surface area contributed by atoms with Crippen LogP contribution >= 0.6 is 0 Å². The number of nitrogens with one attached hydrogen (secondary N) is 2. The normalized spacial score (nSPS) is 10.3. The third-order valence-electron chi connectivity index (χ3n) is 5.35. The Hall–Kier alpha value is -4.58. The van der Waals surface area contributed by atoms with Crippen LogP contribution in [0, 0.1) is 0 Å². The molecule has 0 radical (unpaired) electrons. The Bertz CT molecular complexity index is 1280. The van der Waals surface area contributed by atoms with Crippen molar-refractivity contribution >= 4 is 23.2 Å². The fourth-order valence-electron chi connectivity index (χ4n) is 3.57. The zero-order valence-corrected chi connectivity index (χ0v) is 19.9. The predicted octanol–water partition coefficient (Wildman–Crippen LogP) is 5.97. The van der Waals surface area contributed by atoms with Crippen LogP contribution in [0.4, 0.5) is 11.4 Å². The summed E-state index contributed by atoms with van der Waals surface area (Å²) in [7, 11) is 0. The van der Waals surface area contributed by atoms with Gasteiger partial charge < -0.3 is 20.1 Å². The molecule has 6 nitrogen and oxygen atoms in total. The van der Waals surface area contributed by atoms with E-state index in [4.69, 9.17) is 9.47 Å². The largest absolute Gasteiger partial charge is 0.490 e. The summed E-state index contributed by atoms with van der Waals surface area (Å²) in [6.45, 7) is 0.746. The Balaban J connectivity index is 1.26. The molecule has 4 aromatic carbocycles. The molecule has 0 spiro atoms. The Kier molecular flexibility index (Phi) is 8.70. The molecule has 2 N–H and O–H groups in total. The van der Waals surface area contributed by atoms with Crippen molar-refractivity contribution in [3.63, 3.8) is 0 Å². The summed E-state index contributed by atoms with van der Waals surface area (Å²) in [5.74, 6) is 1.01. The van der Waals surface area contributed by atoms with Crippen molar-refractivity contribution in [2.24, 2.45) is 0 Å². The molecule has 0 aliphatic rings. The predicted molar refractivity (Wildman–Crippen MR) is 142 cm³/mol. The third kappa shape index (κ3) is 7.74. The number of para-hydroxylation sites is 1. The Morgan fingerprint density at radius 2 is 1.22 bits per heavy atom. The molecule has 0 aromatic heterocycles. The zero-order valence-electron chi connectivity index (χ0n) is 19.9. The van der Waals surface area contributed by atoms with E-state index in [2.05, 4.69) is 10.6 Å². The minimum absolute atomic E-state index is 0.0802. The second kappa shape index (κ2) is 12.8. The number of anilines is 2. The highest BCUT2D eigenvalue weighted by Gasteiger charge is 2.09. The van der Waals surface area contributed by atoms with Gasteiger partial charge in [0.25, 0.3) is 5.91 Å². The summed E-state index contributed by atoms with van der Waals surface area (Å²) in [5, 5.41) is 5.77. The summed E-state index contributed by atoms with van der Waals surface area (Å²) in [4.78, 5) is 25.1. The molecule has 6 heteroatoms. The molecular formula is C30H28N2O4.